The average molecular weight is 406 g/mol. The summed E-state index contributed by atoms with van der Waals surface area (Å²) in [6.07, 6.45) is 2.49. The van der Waals surface area contributed by atoms with Crippen LogP contribution in [0.25, 0.3) is 11.0 Å². The number of thiazole rings is 1. The number of rotatable bonds is 4. The predicted molar refractivity (Wildman–Crippen MR) is 107 cm³/mol. The lowest BCUT2D eigenvalue weighted by Gasteiger charge is -2.30. The number of nitrogens with one attached hydrogen (secondary N) is 3. The summed E-state index contributed by atoms with van der Waals surface area (Å²) in [5.74, 6) is -0.215. The predicted octanol–water partition coefficient (Wildman–Crippen LogP) is 4.31. The van der Waals surface area contributed by atoms with Crippen LogP contribution in [0.3, 0.4) is 0 Å². The van der Waals surface area contributed by atoms with Gasteiger partial charge in [0, 0.05) is 18.5 Å². The van der Waals surface area contributed by atoms with E-state index in [9.17, 15) is 9.18 Å². The van der Waals surface area contributed by atoms with Crippen LogP contribution in [0.4, 0.5) is 9.52 Å². The number of fused-ring (bicyclic) bond motifs is 1. The summed E-state index contributed by atoms with van der Waals surface area (Å²) in [6.45, 7) is 5.21. The fourth-order valence-corrected chi connectivity index (χ4v) is 4.46. The molecule has 0 bridgehead atoms. The molecule has 1 amide bonds. The maximum absolute atomic E-state index is 13.8. The van der Waals surface area contributed by atoms with Crippen molar-refractivity contribution in [2.45, 2.75) is 26.3 Å². The Morgan fingerprint density at radius 2 is 2.33 bits per heavy atom. The molecule has 1 saturated heterocycles. The Kier molecular flexibility index (Phi) is 5.07. The molecule has 3 heterocycles. The summed E-state index contributed by atoms with van der Waals surface area (Å²) in [5.41, 5.74) is 2.08. The van der Waals surface area contributed by atoms with Crippen molar-refractivity contribution < 1.29 is 9.18 Å². The minimum absolute atomic E-state index is 0.193. The van der Waals surface area contributed by atoms with Crippen LogP contribution in [-0.2, 0) is 6.54 Å². The Bertz CT molecular complexity index is 1040. The molecule has 3 aromatic rings. The Labute approximate surface area is 164 Å². The zero-order valence-corrected chi connectivity index (χ0v) is 16.5. The highest BCUT2D eigenvalue weighted by molar-refractivity contribution is 7.71. The number of hydrogen-bond acceptors (Lipinski definition) is 5. The number of H-pyrrole nitrogens is 2. The van der Waals surface area contributed by atoms with Crippen LogP contribution < -0.4 is 5.32 Å². The van der Waals surface area contributed by atoms with E-state index in [1.165, 1.54) is 36.3 Å². The topological polar surface area (TPSA) is 76.8 Å². The number of hydrogen-bond donors (Lipinski definition) is 3. The van der Waals surface area contributed by atoms with Gasteiger partial charge < -0.3 is 9.97 Å². The molecule has 3 N–H and O–H groups in total. The Morgan fingerprint density at radius 3 is 3.15 bits per heavy atom. The second-order valence-electron chi connectivity index (χ2n) is 7.04. The first-order valence-electron chi connectivity index (χ1n) is 8.87. The van der Waals surface area contributed by atoms with E-state index in [4.69, 9.17) is 12.2 Å². The molecule has 1 aromatic carbocycles. The first-order valence-corrected chi connectivity index (χ1v) is 10.2. The molecule has 27 heavy (non-hydrogen) atoms. The SMILES string of the molecule is CC1CCCN(Cc2csc(NC(=O)c3cc(F)cc4[nH]c(=S)[nH]c34)n2)C1. The average Bonchev–Trinajstić information content (AvgIpc) is 3.19. The van der Waals surface area contributed by atoms with Crippen LogP contribution in [0, 0.1) is 16.5 Å². The van der Waals surface area contributed by atoms with Gasteiger partial charge in [-0.15, -0.1) is 11.3 Å². The number of amides is 1. The fourth-order valence-electron chi connectivity index (χ4n) is 3.55. The molecule has 0 radical (unpaired) electrons. The lowest BCUT2D eigenvalue weighted by Crippen LogP contribution is -2.33. The Morgan fingerprint density at radius 1 is 1.48 bits per heavy atom. The van der Waals surface area contributed by atoms with Gasteiger partial charge in [-0.2, -0.15) is 0 Å². The summed E-state index contributed by atoms with van der Waals surface area (Å²) in [5, 5.41) is 5.23. The van der Waals surface area contributed by atoms with E-state index in [-0.39, 0.29) is 5.56 Å². The summed E-state index contributed by atoms with van der Waals surface area (Å²) >= 11 is 6.42. The highest BCUT2D eigenvalue weighted by Crippen LogP contribution is 2.23. The largest absolute Gasteiger partial charge is 0.331 e. The number of imidazole rings is 1. The second-order valence-corrected chi connectivity index (χ2v) is 8.30. The van der Waals surface area contributed by atoms with Gasteiger partial charge in [0.05, 0.1) is 22.3 Å². The molecule has 0 saturated carbocycles. The molecule has 9 heteroatoms. The van der Waals surface area contributed by atoms with E-state index in [0.717, 1.165) is 25.3 Å². The van der Waals surface area contributed by atoms with Gasteiger partial charge in [-0.3, -0.25) is 15.0 Å². The van der Waals surface area contributed by atoms with Gasteiger partial charge in [0.15, 0.2) is 9.90 Å². The van der Waals surface area contributed by atoms with Gasteiger partial charge in [0.25, 0.3) is 5.91 Å². The maximum atomic E-state index is 13.8. The van der Waals surface area contributed by atoms with Crippen LogP contribution in [-0.4, -0.2) is 38.8 Å². The number of likely N-dealkylation sites (tertiary alicyclic amines) is 1. The lowest BCUT2D eigenvalue weighted by molar-refractivity contribution is 0.102. The van der Waals surface area contributed by atoms with E-state index in [2.05, 4.69) is 32.1 Å². The van der Waals surface area contributed by atoms with E-state index in [0.29, 0.717) is 26.9 Å². The summed E-state index contributed by atoms with van der Waals surface area (Å²) in [7, 11) is 0. The minimum atomic E-state index is -0.503. The van der Waals surface area contributed by atoms with E-state index < -0.39 is 11.7 Å². The molecular weight excluding hydrogens is 385 g/mol. The molecule has 1 unspecified atom stereocenters. The van der Waals surface area contributed by atoms with Gasteiger partial charge >= 0.3 is 0 Å². The van der Waals surface area contributed by atoms with Crippen LogP contribution in [0.1, 0.15) is 35.8 Å². The highest BCUT2D eigenvalue weighted by Gasteiger charge is 2.19. The number of benzene rings is 1. The first-order chi connectivity index (χ1) is 13.0. The Hall–Kier alpha value is -2.10. The standard InChI is InChI=1S/C18H20FN5OS2/c1-10-3-2-4-24(7-10)8-12-9-27-18(20-12)23-16(25)13-5-11(19)6-14-15(13)22-17(26)21-14/h5-6,9-10H,2-4,7-8H2,1H3,(H,20,23,25)(H2,21,22,26). The minimum Gasteiger partial charge on any atom is -0.331 e. The number of aromatic amines is 2. The molecule has 1 fully saturated rings. The fraction of sp³-hybridized carbons (Fsp3) is 0.389. The third kappa shape index (κ3) is 4.10. The van der Waals surface area contributed by atoms with Gasteiger partial charge in [-0.25, -0.2) is 9.37 Å². The zero-order valence-electron chi connectivity index (χ0n) is 14.8. The quantitative estimate of drug-likeness (QED) is 0.566. The molecule has 2 aromatic heterocycles. The molecule has 1 aliphatic rings. The van der Waals surface area contributed by atoms with E-state index in [1.54, 1.807) is 0 Å². The Balaban J connectivity index is 1.49. The van der Waals surface area contributed by atoms with E-state index in [1.807, 2.05) is 5.38 Å². The number of aromatic nitrogens is 3. The highest BCUT2D eigenvalue weighted by atomic mass is 32.1. The molecule has 1 aliphatic heterocycles. The second kappa shape index (κ2) is 7.49. The van der Waals surface area contributed by atoms with E-state index >= 15 is 0 Å². The number of carbonyl (C=O) groups excluding carboxylic acids is 1. The van der Waals surface area contributed by atoms with Gasteiger partial charge in [0.1, 0.15) is 5.82 Å². The number of anilines is 1. The zero-order chi connectivity index (χ0) is 19.0. The molecule has 1 atom stereocenters. The molecule has 6 nitrogen and oxygen atoms in total. The van der Waals surface area contributed by atoms with Gasteiger partial charge in [-0.05, 0) is 49.7 Å². The van der Waals surface area contributed by atoms with Crippen molar-refractivity contribution in [1.82, 2.24) is 19.9 Å². The number of carbonyl (C=O) groups is 1. The normalized spacial score (nSPS) is 18.1. The number of piperidine rings is 1. The van der Waals surface area contributed by atoms with Crippen molar-refractivity contribution in [3.05, 3.63) is 39.4 Å². The maximum Gasteiger partial charge on any atom is 0.259 e. The van der Waals surface area contributed by atoms with Crippen LogP contribution >= 0.6 is 23.6 Å². The molecule has 0 aliphatic carbocycles. The third-order valence-corrected chi connectivity index (χ3v) is 5.74. The molecule has 4 rings (SSSR count). The van der Waals surface area contributed by atoms with Crippen molar-refractivity contribution >= 4 is 45.6 Å². The van der Waals surface area contributed by atoms with Crippen LogP contribution in [0.2, 0.25) is 0 Å². The molecule has 142 valence electrons. The number of nitrogens with zero attached hydrogens (tertiary/aromatic N) is 2. The molecule has 0 spiro atoms. The van der Waals surface area contributed by atoms with Crippen molar-refractivity contribution in [2.75, 3.05) is 18.4 Å². The van der Waals surface area contributed by atoms with Crippen LogP contribution in [0.15, 0.2) is 17.5 Å². The summed E-state index contributed by atoms with van der Waals surface area (Å²) < 4.78 is 14.2. The first kappa shape index (κ1) is 18.3. The molecular formula is C18H20FN5OS2. The van der Waals surface area contributed by atoms with Crippen molar-refractivity contribution in [2.24, 2.45) is 5.92 Å². The van der Waals surface area contributed by atoms with Gasteiger partial charge in [-0.1, -0.05) is 6.92 Å². The lowest BCUT2D eigenvalue weighted by atomic mass is 10.0. The smallest absolute Gasteiger partial charge is 0.259 e. The van der Waals surface area contributed by atoms with Gasteiger partial charge in [0.2, 0.25) is 0 Å². The van der Waals surface area contributed by atoms with Crippen LogP contribution in [0.5, 0.6) is 0 Å². The van der Waals surface area contributed by atoms with Crippen molar-refractivity contribution in [3.8, 4) is 0 Å². The number of halogens is 1. The third-order valence-electron chi connectivity index (χ3n) is 4.73. The van der Waals surface area contributed by atoms with Crippen molar-refractivity contribution in [1.29, 1.82) is 0 Å². The summed E-state index contributed by atoms with van der Waals surface area (Å²) in [6, 6.07) is 2.50. The van der Waals surface area contributed by atoms with Crippen molar-refractivity contribution in [3.63, 3.8) is 0 Å². The monoisotopic (exact) mass is 405 g/mol. The summed E-state index contributed by atoms with van der Waals surface area (Å²) in [4.78, 5) is 25.3.